The van der Waals surface area contributed by atoms with E-state index in [1.54, 1.807) is 6.92 Å². The molecule has 0 aromatic carbocycles. The molecular formula is C17H24O5. The van der Waals surface area contributed by atoms with Gasteiger partial charge in [-0.15, -0.1) is 0 Å². The molecule has 2 rings (SSSR count). The van der Waals surface area contributed by atoms with Gasteiger partial charge in [-0.1, -0.05) is 19.6 Å². The molecule has 0 spiro atoms. The van der Waals surface area contributed by atoms with Crippen molar-refractivity contribution in [3.63, 3.8) is 0 Å². The molecule has 1 aliphatic carbocycles. The van der Waals surface area contributed by atoms with E-state index in [0.29, 0.717) is 24.8 Å². The first-order valence-electron chi connectivity index (χ1n) is 7.74. The van der Waals surface area contributed by atoms with Crippen LogP contribution in [-0.4, -0.2) is 35.4 Å². The average Bonchev–Trinajstić information content (AvgIpc) is 2.56. The lowest BCUT2D eigenvalue weighted by atomic mass is 9.89. The van der Waals surface area contributed by atoms with E-state index in [1.165, 1.54) is 6.92 Å². The summed E-state index contributed by atoms with van der Waals surface area (Å²) in [4.78, 5) is 22.5. The zero-order valence-corrected chi connectivity index (χ0v) is 13.4. The van der Waals surface area contributed by atoms with Crippen molar-refractivity contribution in [3.8, 4) is 0 Å². The van der Waals surface area contributed by atoms with Gasteiger partial charge < -0.3 is 14.6 Å². The predicted molar refractivity (Wildman–Crippen MR) is 80.8 cm³/mol. The summed E-state index contributed by atoms with van der Waals surface area (Å²) in [7, 11) is 0. The topological polar surface area (TPSA) is 72.8 Å². The lowest BCUT2D eigenvalue weighted by Crippen LogP contribution is -2.25. The number of hydrogen-bond acceptors (Lipinski definition) is 5. The monoisotopic (exact) mass is 308 g/mol. The maximum atomic E-state index is 11.6. The van der Waals surface area contributed by atoms with Crippen molar-refractivity contribution in [2.45, 2.75) is 58.3 Å². The fraction of sp³-hybridized carbons (Fsp3) is 0.647. The molecule has 1 fully saturated rings. The molecule has 1 aliphatic heterocycles. The average molecular weight is 308 g/mol. The van der Waals surface area contributed by atoms with Crippen LogP contribution in [0, 0.1) is 11.8 Å². The maximum Gasteiger partial charge on any atom is 0.334 e. The summed E-state index contributed by atoms with van der Waals surface area (Å²) in [5.41, 5.74) is 1.45. The number of allylic oxidation sites excluding steroid dienone is 1. The van der Waals surface area contributed by atoms with E-state index >= 15 is 0 Å². The smallest absolute Gasteiger partial charge is 0.334 e. The van der Waals surface area contributed by atoms with Crippen molar-refractivity contribution in [1.29, 1.82) is 0 Å². The zero-order valence-electron chi connectivity index (χ0n) is 13.4. The Balaban J connectivity index is 2.04. The molecule has 0 radical (unpaired) electrons. The fourth-order valence-electron chi connectivity index (χ4n) is 3.37. The van der Waals surface area contributed by atoms with Crippen LogP contribution in [0.1, 0.15) is 40.0 Å². The highest BCUT2D eigenvalue weighted by Gasteiger charge is 2.41. The molecule has 122 valence electrons. The number of hydrogen-bond donors (Lipinski definition) is 1. The molecule has 1 N–H and O–H groups in total. The third-order valence-corrected chi connectivity index (χ3v) is 4.49. The number of carbonyl (C=O) groups is 2. The molecule has 0 bridgehead atoms. The molecule has 0 aromatic heterocycles. The second kappa shape index (κ2) is 6.65. The van der Waals surface area contributed by atoms with Crippen LogP contribution in [0.4, 0.5) is 0 Å². The Morgan fingerprint density at radius 1 is 1.59 bits per heavy atom. The minimum Gasteiger partial charge on any atom is -0.463 e. The van der Waals surface area contributed by atoms with Crippen molar-refractivity contribution in [2.75, 3.05) is 0 Å². The summed E-state index contributed by atoms with van der Waals surface area (Å²) in [6, 6.07) is 0. The molecule has 0 saturated carbocycles. The number of ether oxygens (including phenoxy) is 2. The predicted octanol–water partition coefficient (Wildman–Crippen LogP) is 2.14. The van der Waals surface area contributed by atoms with Gasteiger partial charge in [-0.25, -0.2) is 4.79 Å². The van der Waals surface area contributed by atoms with Gasteiger partial charge in [0.05, 0.1) is 6.10 Å². The van der Waals surface area contributed by atoms with Crippen molar-refractivity contribution >= 4 is 11.9 Å². The first-order valence-corrected chi connectivity index (χ1v) is 7.74. The molecule has 0 unspecified atom stereocenters. The molecule has 0 amide bonds. The SMILES string of the molecule is C=C1C(=O)O[C@H]2C[C@@H](C)C([C@H](O)C[C@@H](C)OC(C)=O)=CC[C@@H]12. The summed E-state index contributed by atoms with van der Waals surface area (Å²) in [6.45, 7) is 8.96. The molecule has 5 atom stereocenters. The second-order valence-electron chi connectivity index (χ2n) is 6.32. The quantitative estimate of drug-likeness (QED) is 0.489. The summed E-state index contributed by atoms with van der Waals surface area (Å²) in [5, 5.41) is 10.4. The van der Waals surface area contributed by atoms with E-state index in [4.69, 9.17) is 9.47 Å². The highest BCUT2D eigenvalue weighted by Crippen LogP contribution is 2.39. The summed E-state index contributed by atoms with van der Waals surface area (Å²) in [5.74, 6) is -0.540. The van der Waals surface area contributed by atoms with E-state index in [0.717, 1.165) is 5.57 Å². The lowest BCUT2D eigenvalue weighted by Gasteiger charge is -2.23. The minimum atomic E-state index is -0.660. The summed E-state index contributed by atoms with van der Waals surface area (Å²) < 4.78 is 10.4. The van der Waals surface area contributed by atoms with E-state index in [1.807, 2.05) is 13.0 Å². The van der Waals surface area contributed by atoms with Gasteiger partial charge in [0.25, 0.3) is 0 Å². The van der Waals surface area contributed by atoms with Crippen LogP contribution in [0.3, 0.4) is 0 Å². The van der Waals surface area contributed by atoms with Gasteiger partial charge in [-0.2, -0.15) is 0 Å². The van der Waals surface area contributed by atoms with Gasteiger partial charge in [-0.3, -0.25) is 4.79 Å². The molecule has 5 heteroatoms. The number of esters is 2. The maximum absolute atomic E-state index is 11.6. The van der Waals surface area contributed by atoms with E-state index in [-0.39, 0.29) is 36.0 Å². The van der Waals surface area contributed by atoms with Gasteiger partial charge >= 0.3 is 11.9 Å². The molecule has 0 aromatic rings. The third-order valence-electron chi connectivity index (χ3n) is 4.49. The van der Waals surface area contributed by atoms with Crippen molar-refractivity contribution in [1.82, 2.24) is 0 Å². The largest absolute Gasteiger partial charge is 0.463 e. The first-order chi connectivity index (χ1) is 10.3. The molecule has 1 heterocycles. The Kier molecular flexibility index (Phi) is 5.06. The van der Waals surface area contributed by atoms with Crippen molar-refractivity contribution < 1.29 is 24.2 Å². The van der Waals surface area contributed by atoms with E-state index in [2.05, 4.69) is 6.58 Å². The van der Waals surface area contributed by atoms with Gasteiger partial charge in [0.2, 0.25) is 0 Å². The van der Waals surface area contributed by atoms with Crippen molar-refractivity contribution in [2.24, 2.45) is 11.8 Å². The van der Waals surface area contributed by atoms with Crippen LogP contribution in [-0.2, 0) is 19.1 Å². The Bertz CT molecular complexity index is 507. The van der Waals surface area contributed by atoms with Crippen LogP contribution in [0.5, 0.6) is 0 Å². The van der Waals surface area contributed by atoms with E-state index in [9.17, 15) is 14.7 Å². The summed E-state index contributed by atoms with van der Waals surface area (Å²) >= 11 is 0. The Hall–Kier alpha value is -1.62. The van der Waals surface area contributed by atoms with Crippen LogP contribution in [0.2, 0.25) is 0 Å². The normalized spacial score (nSPS) is 30.7. The third kappa shape index (κ3) is 3.58. The number of carbonyl (C=O) groups excluding carboxylic acids is 2. The Morgan fingerprint density at radius 3 is 2.91 bits per heavy atom. The van der Waals surface area contributed by atoms with Crippen molar-refractivity contribution in [3.05, 3.63) is 23.8 Å². The molecule has 5 nitrogen and oxygen atoms in total. The van der Waals surface area contributed by atoms with Crippen LogP contribution < -0.4 is 0 Å². The molecule has 1 saturated heterocycles. The molecule has 22 heavy (non-hydrogen) atoms. The van der Waals surface area contributed by atoms with Gasteiger partial charge in [-0.05, 0) is 31.3 Å². The van der Waals surface area contributed by atoms with Crippen LogP contribution in [0.15, 0.2) is 23.8 Å². The van der Waals surface area contributed by atoms with Crippen LogP contribution in [0.25, 0.3) is 0 Å². The Labute approximate surface area is 131 Å². The standard InChI is InChI=1S/C17H24O5/c1-9-7-16-14(11(3)17(20)22-16)6-5-13(9)15(19)8-10(2)21-12(4)18/h5,9-10,14-16,19H,3,6-8H2,1-2,4H3/t9-,10-,14+,15-,16+/m1/s1. The van der Waals surface area contributed by atoms with Gasteiger partial charge in [0, 0.05) is 24.8 Å². The van der Waals surface area contributed by atoms with E-state index < -0.39 is 6.10 Å². The van der Waals surface area contributed by atoms with Gasteiger partial charge in [0.1, 0.15) is 12.2 Å². The van der Waals surface area contributed by atoms with Crippen LogP contribution >= 0.6 is 0 Å². The second-order valence-corrected chi connectivity index (χ2v) is 6.32. The minimum absolute atomic E-state index is 0.00513. The highest BCUT2D eigenvalue weighted by molar-refractivity contribution is 5.90. The summed E-state index contributed by atoms with van der Waals surface area (Å²) in [6.07, 6.45) is 2.54. The fourth-order valence-corrected chi connectivity index (χ4v) is 3.37. The van der Waals surface area contributed by atoms with Gasteiger partial charge in [0.15, 0.2) is 0 Å². The highest BCUT2D eigenvalue weighted by atomic mass is 16.6. The Morgan fingerprint density at radius 2 is 2.27 bits per heavy atom. The first kappa shape index (κ1) is 16.7. The zero-order chi connectivity index (χ0) is 16.4. The number of aliphatic hydroxyl groups is 1. The lowest BCUT2D eigenvalue weighted by molar-refractivity contribution is -0.146. The molecule has 2 aliphatic rings. The number of aliphatic hydroxyl groups excluding tert-OH is 1. The molecular weight excluding hydrogens is 284 g/mol. The number of fused-ring (bicyclic) bond motifs is 1. The number of rotatable bonds is 4.